The molecule has 4 aromatic heterocycles. The zero-order valence-corrected chi connectivity index (χ0v) is 21.6. The third-order valence-electron chi connectivity index (χ3n) is 6.72. The third-order valence-corrected chi connectivity index (χ3v) is 8.01. The number of carbonyl (C=O) groups is 1. The van der Waals surface area contributed by atoms with Gasteiger partial charge in [0.05, 0.1) is 46.7 Å². The van der Waals surface area contributed by atoms with Crippen molar-refractivity contribution in [3.63, 3.8) is 0 Å². The van der Waals surface area contributed by atoms with Crippen molar-refractivity contribution in [2.45, 2.75) is 13.0 Å². The summed E-state index contributed by atoms with van der Waals surface area (Å²) in [7, 11) is 1.90. The highest BCUT2D eigenvalue weighted by atomic mass is 32.1. The van der Waals surface area contributed by atoms with Crippen LogP contribution in [0.5, 0.6) is 0 Å². The lowest BCUT2D eigenvalue weighted by atomic mass is 10.1. The zero-order valence-electron chi connectivity index (χ0n) is 20.7. The summed E-state index contributed by atoms with van der Waals surface area (Å²) in [5, 5.41) is 17.0. The van der Waals surface area contributed by atoms with Gasteiger partial charge in [0.2, 0.25) is 5.95 Å². The molecule has 0 radical (unpaired) electrons. The molecule has 1 aliphatic heterocycles. The Morgan fingerprint density at radius 1 is 1.21 bits per heavy atom. The van der Waals surface area contributed by atoms with Crippen molar-refractivity contribution in [3.05, 3.63) is 53.3 Å². The van der Waals surface area contributed by atoms with Gasteiger partial charge in [0.25, 0.3) is 5.91 Å². The maximum absolute atomic E-state index is 11.6. The summed E-state index contributed by atoms with van der Waals surface area (Å²) >= 11 is 1.65. The third kappa shape index (κ3) is 4.30. The summed E-state index contributed by atoms with van der Waals surface area (Å²) in [6.07, 6.45) is 4.57. The molecule has 12 nitrogen and oxygen atoms in total. The summed E-state index contributed by atoms with van der Waals surface area (Å²) in [6.45, 7) is 4.88. The number of amides is 1. The Morgan fingerprint density at radius 2 is 2.00 bits per heavy atom. The number of carbonyl (C=O) groups excluding carboxylic acids is 1. The second-order valence-corrected chi connectivity index (χ2v) is 10.1. The second kappa shape index (κ2) is 9.93. The van der Waals surface area contributed by atoms with E-state index in [0.29, 0.717) is 25.0 Å². The van der Waals surface area contributed by atoms with Crippen LogP contribution in [0.15, 0.2) is 42.9 Å². The summed E-state index contributed by atoms with van der Waals surface area (Å²) in [5.74, 6) is 1.34. The van der Waals surface area contributed by atoms with E-state index in [1.54, 1.807) is 23.0 Å². The van der Waals surface area contributed by atoms with Gasteiger partial charge in [-0.15, -0.1) is 11.3 Å². The lowest BCUT2D eigenvalue weighted by Gasteiger charge is -2.28. The maximum atomic E-state index is 11.6. The molecule has 13 heteroatoms. The van der Waals surface area contributed by atoms with E-state index >= 15 is 0 Å². The highest BCUT2D eigenvalue weighted by Gasteiger charge is 2.24. The van der Waals surface area contributed by atoms with Gasteiger partial charge in [-0.05, 0) is 19.1 Å². The Labute approximate surface area is 221 Å². The highest BCUT2D eigenvalue weighted by Crippen LogP contribution is 2.39. The normalized spacial score (nSPS) is 14.7. The number of hydrogen-bond acceptors (Lipinski definition) is 11. The number of hydroxylamine groups is 1. The number of nitrogens with zero attached hydrogens (tertiary/aromatic N) is 7. The van der Waals surface area contributed by atoms with Crippen LogP contribution in [-0.4, -0.2) is 74.6 Å². The lowest BCUT2D eigenvalue weighted by Crippen LogP contribution is -2.36. The number of benzene rings is 1. The molecule has 1 fully saturated rings. The lowest BCUT2D eigenvalue weighted by molar-refractivity contribution is 0.0705. The van der Waals surface area contributed by atoms with E-state index in [9.17, 15) is 4.79 Å². The number of H-pyrrole nitrogens is 1. The molecule has 5 aromatic rings. The van der Waals surface area contributed by atoms with Crippen LogP contribution in [0.2, 0.25) is 0 Å². The van der Waals surface area contributed by atoms with Crippen molar-refractivity contribution in [2.24, 2.45) is 0 Å². The van der Waals surface area contributed by atoms with Crippen LogP contribution in [0.3, 0.4) is 0 Å². The van der Waals surface area contributed by atoms with Crippen LogP contribution in [-0.2, 0) is 4.74 Å². The number of anilines is 2. The smallest absolute Gasteiger partial charge is 0.277 e. The van der Waals surface area contributed by atoms with Crippen LogP contribution < -0.4 is 15.3 Å². The molecule has 0 saturated carbocycles. The van der Waals surface area contributed by atoms with Gasteiger partial charge in [0.15, 0.2) is 11.6 Å². The first kappa shape index (κ1) is 24.2. The predicted molar refractivity (Wildman–Crippen MR) is 144 cm³/mol. The fraction of sp³-hybridized carbons (Fsp3) is 0.280. The van der Waals surface area contributed by atoms with Crippen LogP contribution in [0.25, 0.3) is 32.5 Å². The average molecular weight is 532 g/mol. The number of hydrogen-bond donors (Lipinski definition) is 3. The van der Waals surface area contributed by atoms with Gasteiger partial charge in [-0.2, -0.15) is 5.10 Å². The number of aromatic amines is 1. The van der Waals surface area contributed by atoms with Gasteiger partial charge in [0, 0.05) is 48.4 Å². The summed E-state index contributed by atoms with van der Waals surface area (Å²) < 4.78 is 6.61. The molecule has 0 bridgehead atoms. The van der Waals surface area contributed by atoms with Crippen LogP contribution in [0.4, 0.5) is 11.8 Å². The topological polar surface area (TPSA) is 145 Å². The SMILES string of the molecule is CC(c1cc2nc(-c3cccc4[nH]ncc34)nc(N3CCOCC3)c2s1)N(C)c1ncc(C(=O)NO)cn1. The highest BCUT2D eigenvalue weighted by molar-refractivity contribution is 7.19. The largest absolute Gasteiger partial charge is 0.378 e. The standard InChI is InChI=1S/C25H25N9O3S/c1-14(33(2)25-26-11-15(12-27-25)24(35)32-36)20-10-19-21(38-20)23(34-6-8-37-9-7-34)30-22(29-19)16-4-3-5-18-17(16)13-28-31-18/h3-5,10-14,36H,6-9H2,1-2H3,(H,28,31)(H,32,35). The van der Waals surface area contributed by atoms with Gasteiger partial charge in [-0.1, -0.05) is 12.1 Å². The van der Waals surface area contributed by atoms with Gasteiger partial charge < -0.3 is 14.5 Å². The van der Waals surface area contributed by atoms with Crippen molar-refractivity contribution in [1.29, 1.82) is 0 Å². The molecule has 0 aliphatic carbocycles. The van der Waals surface area contributed by atoms with E-state index in [1.165, 1.54) is 12.4 Å². The first-order valence-electron chi connectivity index (χ1n) is 12.1. The maximum Gasteiger partial charge on any atom is 0.277 e. The molecule has 3 N–H and O–H groups in total. The van der Waals surface area contributed by atoms with E-state index in [0.717, 1.165) is 50.5 Å². The molecule has 1 saturated heterocycles. The van der Waals surface area contributed by atoms with Crippen molar-refractivity contribution in [2.75, 3.05) is 43.2 Å². The van der Waals surface area contributed by atoms with Crippen molar-refractivity contribution in [1.82, 2.24) is 35.6 Å². The fourth-order valence-corrected chi connectivity index (χ4v) is 5.67. The second-order valence-electron chi connectivity index (χ2n) is 8.97. The minimum atomic E-state index is -0.659. The average Bonchev–Trinajstić information content (AvgIpc) is 3.63. The number of fused-ring (bicyclic) bond motifs is 2. The summed E-state index contributed by atoms with van der Waals surface area (Å²) in [6, 6.07) is 8.00. The Hall–Kier alpha value is -4.20. The van der Waals surface area contributed by atoms with E-state index in [4.69, 9.17) is 19.9 Å². The predicted octanol–water partition coefficient (Wildman–Crippen LogP) is 3.18. The Bertz CT molecular complexity index is 1610. The van der Waals surface area contributed by atoms with Gasteiger partial charge in [-0.3, -0.25) is 15.1 Å². The molecule has 6 rings (SSSR count). The molecule has 194 valence electrons. The Kier molecular flexibility index (Phi) is 6.31. The number of nitrogens with one attached hydrogen (secondary N) is 2. The molecule has 1 amide bonds. The van der Waals surface area contributed by atoms with Gasteiger partial charge in [0.1, 0.15) is 0 Å². The number of ether oxygens (including phenoxy) is 1. The molecule has 38 heavy (non-hydrogen) atoms. The van der Waals surface area contributed by atoms with Crippen LogP contribution in [0, 0.1) is 0 Å². The number of thiophene rings is 1. The summed E-state index contributed by atoms with van der Waals surface area (Å²) in [4.78, 5) is 35.5. The van der Waals surface area contributed by atoms with Gasteiger partial charge >= 0.3 is 0 Å². The number of morpholine rings is 1. The Balaban J connectivity index is 1.41. The minimum Gasteiger partial charge on any atom is -0.378 e. The van der Waals surface area contributed by atoms with Gasteiger partial charge in [-0.25, -0.2) is 25.4 Å². The Morgan fingerprint density at radius 3 is 2.76 bits per heavy atom. The van der Waals surface area contributed by atoms with E-state index in [2.05, 4.69) is 38.1 Å². The first-order valence-corrected chi connectivity index (χ1v) is 12.9. The monoisotopic (exact) mass is 531 g/mol. The molecule has 1 aromatic carbocycles. The van der Waals surface area contributed by atoms with Crippen molar-refractivity contribution in [3.8, 4) is 11.4 Å². The van der Waals surface area contributed by atoms with Crippen LogP contribution in [0.1, 0.15) is 28.2 Å². The minimum absolute atomic E-state index is 0.0787. The van der Waals surface area contributed by atoms with E-state index < -0.39 is 5.91 Å². The van der Waals surface area contributed by atoms with E-state index in [1.807, 2.05) is 30.1 Å². The first-order chi connectivity index (χ1) is 18.5. The number of rotatable bonds is 6. The molecule has 0 spiro atoms. The van der Waals surface area contributed by atoms with Crippen molar-refractivity contribution >= 4 is 50.1 Å². The quantitative estimate of drug-likeness (QED) is 0.221. The summed E-state index contributed by atoms with van der Waals surface area (Å²) in [5.41, 5.74) is 4.48. The number of aromatic nitrogens is 6. The molecule has 1 atom stereocenters. The molecule has 1 unspecified atom stereocenters. The molecule has 5 heterocycles. The van der Waals surface area contributed by atoms with E-state index in [-0.39, 0.29) is 11.6 Å². The fourth-order valence-electron chi connectivity index (χ4n) is 4.46. The van der Waals surface area contributed by atoms with Crippen LogP contribution >= 0.6 is 11.3 Å². The molecule has 1 aliphatic rings. The van der Waals surface area contributed by atoms with Crippen molar-refractivity contribution < 1.29 is 14.7 Å². The molecular formula is C25H25N9O3S. The zero-order chi connectivity index (χ0) is 26.2. The molecular weight excluding hydrogens is 506 g/mol.